The molecule has 21 heavy (non-hydrogen) atoms. The molecule has 0 radical (unpaired) electrons. The van der Waals surface area contributed by atoms with E-state index in [1.54, 1.807) is 0 Å². The van der Waals surface area contributed by atoms with Crippen molar-refractivity contribution < 1.29 is 9.90 Å². The SMILES string of the molecule is CCCNc1ccccc1C(=O)N1CCCC1CCCO. The summed E-state index contributed by atoms with van der Waals surface area (Å²) in [5.41, 5.74) is 1.69. The summed E-state index contributed by atoms with van der Waals surface area (Å²) in [7, 11) is 0. The number of para-hydroxylation sites is 1. The highest BCUT2D eigenvalue weighted by molar-refractivity contribution is 5.99. The number of nitrogens with one attached hydrogen (secondary N) is 1. The molecule has 1 aromatic carbocycles. The number of hydrogen-bond donors (Lipinski definition) is 2. The van der Waals surface area contributed by atoms with Crippen molar-refractivity contribution in [3.8, 4) is 0 Å². The molecule has 1 atom stereocenters. The summed E-state index contributed by atoms with van der Waals surface area (Å²) in [6.07, 6.45) is 4.81. The maximum absolute atomic E-state index is 12.8. The summed E-state index contributed by atoms with van der Waals surface area (Å²) in [4.78, 5) is 14.8. The van der Waals surface area contributed by atoms with E-state index in [2.05, 4.69) is 12.2 Å². The molecular formula is C17H26N2O2. The first kappa shape index (κ1) is 15.8. The van der Waals surface area contributed by atoms with Crippen LogP contribution in [0, 0.1) is 0 Å². The van der Waals surface area contributed by atoms with Crippen molar-refractivity contribution >= 4 is 11.6 Å². The largest absolute Gasteiger partial charge is 0.396 e. The minimum atomic E-state index is 0.120. The van der Waals surface area contributed by atoms with E-state index >= 15 is 0 Å². The van der Waals surface area contributed by atoms with Crippen molar-refractivity contribution in [1.82, 2.24) is 4.90 Å². The Bertz CT molecular complexity index is 462. The highest BCUT2D eigenvalue weighted by Gasteiger charge is 2.29. The lowest BCUT2D eigenvalue weighted by atomic mass is 10.1. The summed E-state index contributed by atoms with van der Waals surface area (Å²) in [5, 5.41) is 12.3. The van der Waals surface area contributed by atoms with Gasteiger partial charge >= 0.3 is 0 Å². The van der Waals surface area contributed by atoms with Crippen LogP contribution >= 0.6 is 0 Å². The van der Waals surface area contributed by atoms with Crippen molar-refractivity contribution in [2.24, 2.45) is 0 Å². The van der Waals surface area contributed by atoms with E-state index in [9.17, 15) is 4.79 Å². The van der Waals surface area contributed by atoms with Gasteiger partial charge in [-0.05, 0) is 44.2 Å². The number of likely N-dealkylation sites (tertiary alicyclic amines) is 1. The molecule has 1 fully saturated rings. The number of rotatable bonds is 7. The molecule has 2 rings (SSSR count). The van der Waals surface area contributed by atoms with Gasteiger partial charge in [0, 0.05) is 31.4 Å². The van der Waals surface area contributed by atoms with Crippen LogP contribution in [0.5, 0.6) is 0 Å². The highest BCUT2D eigenvalue weighted by Crippen LogP contribution is 2.26. The van der Waals surface area contributed by atoms with Crippen LogP contribution in [0.2, 0.25) is 0 Å². The lowest BCUT2D eigenvalue weighted by molar-refractivity contribution is 0.0725. The average Bonchev–Trinajstić information content (AvgIpc) is 2.99. The van der Waals surface area contributed by atoms with Crippen LogP contribution in [0.3, 0.4) is 0 Å². The van der Waals surface area contributed by atoms with Gasteiger partial charge < -0.3 is 15.3 Å². The molecule has 1 unspecified atom stereocenters. The third-order valence-corrected chi connectivity index (χ3v) is 4.06. The summed E-state index contributed by atoms with van der Waals surface area (Å²) < 4.78 is 0. The van der Waals surface area contributed by atoms with Gasteiger partial charge in [-0.15, -0.1) is 0 Å². The molecule has 4 nitrogen and oxygen atoms in total. The predicted molar refractivity (Wildman–Crippen MR) is 85.6 cm³/mol. The first-order chi connectivity index (χ1) is 10.3. The first-order valence-electron chi connectivity index (χ1n) is 8.02. The van der Waals surface area contributed by atoms with E-state index in [0.29, 0.717) is 0 Å². The maximum Gasteiger partial charge on any atom is 0.256 e. The second kappa shape index (κ2) is 8.03. The van der Waals surface area contributed by atoms with E-state index in [-0.39, 0.29) is 18.6 Å². The molecule has 2 N–H and O–H groups in total. The average molecular weight is 290 g/mol. The van der Waals surface area contributed by atoms with Crippen molar-refractivity contribution in [2.45, 2.75) is 45.1 Å². The number of hydrogen-bond acceptors (Lipinski definition) is 3. The van der Waals surface area contributed by atoms with Crippen molar-refractivity contribution in [2.75, 3.05) is 25.0 Å². The van der Waals surface area contributed by atoms with Gasteiger partial charge in [-0.2, -0.15) is 0 Å². The molecule has 0 aliphatic carbocycles. The standard InChI is InChI=1S/C17H26N2O2/c1-2-11-18-16-10-4-3-9-15(16)17(21)19-12-5-7-14(19)8-6-13-20/h3-4,9-10,14,18,20H,2,5-8,11-13H2,1H3. The lowest BCUT2D eigenvalue weighted by Gasteiger charge is -2.25. The zero-order valence-electron chi connectivity index (χ0n) is 12.8. The van der Waals surface area contributed by atoms with Crippen LogP contribution < -0.4 is 5.32 Å². The summed E-state index contributed by atoms with van der Waals surface area (Å²) >= 11 is 0. The van der Waals surface area contributed by atoms with Crippen LogP contribution in [-0.4, -0.2) is 41.7 Å². The molecule has 1 aliphatic heterocycles. The predicted octanol–water partition coefficient (Wildman–Crippen LogP) is 2.89. The minimum absolute atomic E-state index is 0.120. The minimum Gasteiger partial charge on any atom is -0.396 e. The Hall–Kier alpha value is -1.55. The summed E-state index contributed by atoms with van der Waals surface area (Å²) in [6, 6.07) is 8.04. The zero-order valence-corrected chi connectivity index (χ0v) is 12.8. The molecule has 0 aromatic heterocycles. The lowest BCUT2D eigenvalue weighted by Crippen LogP contribution is -2.36. The molecule has 0 saturated carbocycles. The summed E-state index contributed by atoms with van der Waals surface area (Å²) in [6.45, 7) is 4.02. The molecule has 0 spiro atoms. The van der Waals surface area contributed by atoms with E-state index in [1.165, 1.54) is 0 Å². The number of benzene rings is 1. The quantitative estimate of drug-likeness (QED) is 0.812. The second-order valence-electron chi connectivity index (χ2n) is 5.63. The van der Waals surface area contributed by atoms with E-state index in [1.807, 2.05) is 29.2 Å². The van der Waals surface area contributed by atoms with Gasteiger partial charge in [0.05, 0.1) is 5.56 Å². The number of carbonyl (C=O) groups excluding carboxylic acids is 1. The highest BCUT2D eigenvalue weighted by atomic mass is 16.3. The third kappa shape index (κ3) is 3.97. The molecule has 0 bridgehead atoms. The third-order valence-electron chi connectivity index (χ3n) is 4.06. The number of carbonyl (C=O) groups is 1. The Morgan fingerprint density at radius 3 is 3.00 bits per heavy atom. The number of aliphatic hydroxyl groups excluding tert-OH is 1. The van der Waals surface area contributed by atoms with Gasteiger partial charge in [-0.3, -0.25) is 4.79 Å². The van der Waals surface area contributed by atoms with Crippen LogP contribution in [-0.2, 0) is 0 Å². The van der Waals surface area contributed by atoms with Gasteiger partial charge in [0.2, 0.25) is 0 Å². The van der Waals surface area contributed by atoms with Crippen LogP contribution in [0.25, 0.3) is 0 Å². The number of nitrogens with zero attached hydrogens (tertiary/aromatic N) is 1. The fraction of sp³-hybridized carbons (Fsp3) is 0.588. The monoisotopic (exact) mass is 290 g/mol. The van der Waals surface area contributed by atoms with Crippen LogP contribution in [0.1, 0.15) is 49.4 Å². The van der Waals surface area contributed by atoms with E-state index in [0.717, 1.165) is 56.4 Å². The van der Waals surface area contributed by atoms with Gasteiger partial charge in [-0.1, -0.05) is 19.1 Å². The molecular weight excluding hydrogens is 264 g/mol. The van der Waals surface area contributed by atoms with Crippen LogP contribution in [0.15, 0.2) is 24.3 Å². The molecule has 4 heteroatoms. The van der Waals surface area contributed by atoms with Gasteiger partial charge in [0.15, 0.2) is 0 Å². The van der Waals surface area contributed by atoms with Gasteiger partial charge in [-0.25, -0.2) is 0 Å². The van der Waals surface area contributed by atoms with Crippen molar-refractivity contribution in [1.29, 1.82) is 0 Å². The molecule has 1 aromatic rings. The van der Waals surface area contributed by atoms with E-state index in [4.69, 9.17) is 5.11 Å². The Morgan fingerprint density at radius 2 is 2.24 bits per heavy atom. The Balaban J connectivity index is 2.11. The Labute approximate surface area is 127 Å². The Kier molecular flexibility index (Phi) is 6.05. The second-order valence-corrected chi connectivity index (χ2v) is 5.63. The maximum atomic E-state index is 12.8. The molecule has 1 saturated heterocycles. The number of anilines is 1. The van der Waals surface area contributed by atoms with E-state index < -0.39 is 0 Å². The fourth-order valence-electron chi connectivity index (χ4n) is 2.97. The molecule has 1 heterocycles. The summed E-state index contributed by atoms with van der Waals surface area (Å²) in [5.74, 6) is 0.120. The Morgan fingerprint density at radius 1 is 1.43 bits per heavy atom. The topological polar surface area (TPSA) is 52.6 Å². The van der Waals surface area contributed by atoms with Crippen LogP contribution in [0.4, 0.5) is 5.69 Å². The first-order valence-corrected chi connectivity index (χ1v) is 8.02. The zero-order chi connectivity index (χ0) is 15.1. The molecule has 1 aliphatic rings. The molecule has 116 valence electrons. The molecule has 1 amide bonds. The fourth-order valence-corrected chi connectivity index (χ4v) is 2.97. The normalized spacial score (nSPS) is 18.0. The van der Waals surface area contributed by atoms with Crippen molar-refractivity contribution in [3.63, 3.8) is 0 Å². The van der Waals surface area contributed by atoms with Gasteiger partial charge in [0.1, 0.15) is 0 Å². The smallest absolute Gasteiger partial charge is 0.256 e. The number of amides is 1. The number of aliphatic hydroxyl groups is 1. The van der Waals surface area contributed by atoms with Crippen molar-refractivity contribution in [3.05, 3.63) is 29.8 Å². The van der Waals surface area contributed by atoms with Gasteiger partial charge in [0.25, 0.3) is 5.91 Å².